The van der Waals surface area contributed by atoms with Crippen molar-refractivity contribution in [1.82, 2.24) is 9.78 Å². The summed E-state index contributed by atoms with van der Waals surface area (Å²) in [5.74, 6) is -1.48. The first-order chi connectivity index (χ1) is 13.8. The summed E-state index contributed by atoms with van der Waals surface area (Å²) in [4.78, 5) is 37.2. The number of hydrogen-bond acceptors (Lipinski definition) is 6. The number of nitrogens with zero attached hydrogens (tertiary/aromatic N) is 2. The Morgan fingerprint density at radius 2 is 1.97 bits per heavy atom. The number of esters is 1. The van der Waals surface area contributed by atoms with Gasteiger partial charge in [0.1, 0.15) is 5.00 Å². The van der Waals surface area contributed by atoms with Crippen molar-refractivity contribution in [3.8, 4) is 0 Å². The first kappa shape index (κ1) is 21.0. The molecule has 0 bridgehead atoms. The molecule has 156 valence electrons. The molecular weight excluding hydrogens is 392 g/mol. The molecule has 3 N–H and O–H groups in total. The van der Waals surface area contributed by atoms with Gasteiger partial charge in [0.15, 0.2) is 6.61 Å². The number of anilines is 1. The molecule has 3 rings (SSSR count). The lowest BCUT2D eigenvalue weighted by atomic mass is 9.95. The van der Waals surface area contributed by atoms with Gasteiger partial charge in [-0.2, -0.15) is 5.10 Å². The average Bonchev–Trinajstić information content (AvgIpc) is 3.15. The molecule has 0 radical (unpaired) electrons. The zero-order chi connectivity index (χ0) is 21.1. The summed E-state index contributed by atoms with van der Waals surface area (Å²) in [7, 11) is 1.86. The molecule has 8 nitrogen and oxygen atoms in total. The van der Waals surface area contributed by atoms with Crippen LogP contribution in [-0.4, -0.2) is 34.2 Å². The van der Waals surface area contributed by atoms with Crippen molar-refractivity contribution < 1.29 is 19.1 Å². The monoisotopic (exact) mass is 418 g/mol. The van der Waals surface area contributed by atoms with Crippen molar-refractivity contribution in [2.75, 3.05) is 11.9 Å². The van der Waals surface area contributed by atoms with E-state index in [-0.39, 0.29) is 6.42 Å². The fourth-order valence-electron chi connectivity index (χ4n) is 3.70. The summed E-state index contributed by atoms with van der Waals surface area (Å²) in [6, 6.07) is 0. The first-order valence-corrected chi connectivity index (χ1v) is 10.5. The van der Waals surface area contributed by atoms with Crippen LogP contribution in [0.2, 0.25) is 0 Å². The third-order valence-electron chi connectivity index (χ3n) is 5.27. The zero-order valence-electron chi connectivity index (χ0n) is 17.0. The Bertz CT molecular complexity index is 960. The van der Waals surface area contributed by atoms with Gasteiger partial charge in [-0.3, -0.25) is 19.1 Å². The topological polar surface area (TPSA) is 116 Å². The molecule has 2 aromatic rings. The standard InChI is InChI=1S/C20H26N4O4S/c1-11-13(12(2)24(3)23-11)8-9-17(26)28-10-16(25)22-20-18(19(21)27)14-6-4-5-7-15(14)29-20/h4-10H2,1-3H3,(H2,21,27)(H,22,25). The van der Waals surface area contributed by atoms with Gasteiger partial charge in [0.2, 0.25) is 0 Å². The minimum atomic E-state index is -0.543. The van der Waals surface area contributed by atoms with Gasteiger partial charge in [0, 0.05) is 24.0 Å². The van der Waals surface area contributed by atoms with Gasteiger partial charge in [0.05, 0.1) is 11.3 Å². The lowest BCUT2D eigenvalue weighted by molar-refractivity contribution is -0.147. The molecular formula is C20H26N4O4S. The van der Waals surface area contributed by atoms with Gasteiger partial charge in [-0.1, -0.05) is 0 Å². The van der Waals surface area contributed by atoms with E-state index in [0.717, 1.165) is 53.1 Å². The van der Waals surface area contributed by atoms with Crippen molar-refractivity contribution in [2.45, 2.75) is 52.4 Å². The molecule has 1 aliphatic carbocycles. The van der Waals surface area contributed by atoms with E-state index in [1.165, 1.54) is 11.3 Å². The number of fused-ring (bicyclic) bond motifs is 1. The van der Waals surface area contributed by atoms with E-state index >= 15 is 0 Å². The van der Waals surface area contributed by atoms with Crippen molar-refractivity contribution in [1.29, 1.82) is 0 Å². The van der Waals surface area contributed by atoms with E-state index in [1.807, 2.05) is 20.9 Å². The molecule has 2 heterocycles. The highest BCUT2D eigenvalue weighted by molar-refractivity contribution is 7.17. The number of nitrogens with one attached hydrogen (secondary N) is 1. The van der Waals surface area contributed by atoms with Gasteiger partial charge in [-0.05, 0) is 57.1 Å². The zero-order valence-corrected chi connectivity index (χ0v) is 17.8. The predicted octanol–water partition coefficient (Wildman–Crippen LogP) is 2.19. The second-order valence-corrected chi connectivity index (χ2v) is 8.37. The number of primary amides is 1. The molecule has 9 heteroatoms. The van der Waals surface area contributed by atoms with Crippen LogP contribution in [0.25, 0.3) is 0 Å². The fourth-order valence-corrected chi connectivity index (χ4v) is 5.01. The number of carbonyl (C=O) groups is 3. The van der Waals surface area contributed by atoms with Crippen LogP contribution in [-0.2, 0) is 40.6 Å². The van der Waals surface area contributed by atoms with Crippen molar-refractivity contribution in [2.24, 2.45) is 12.8 Å². The molecule has 0 aromatic carbocycles. The van der Waals surface area contributed by atoms with E-state index in [0.29, 0.717) is 17.0 Å². The second-order valence-electron chi connectivity index (χ2n) is 7.26. The van der Waals surface area contributed by atoms with Crippen LogP contribution in [0.15, 0.2) is 0 Å². The third kappa shape index (κ3) is 4.67. The Balaban J connectivity index is 1.54. The quantitative estimate of drug-likeness (QED) is 0.669. The molecule has 29 heavy (non-hydrogen) atoms. The Kier molecular flexibility index (Phi) is 6.36. The molecule has 0 saturated carbocycles. The Hall–Kier alpha value is -2.68. The largest absolute Gasteiger partial charge is 0.456 e. The Morgan fingerprint density at radius 1 is 1.24 bits per heavy atom. The van der Waals surface area contributed by atoms with E-state index in [1.54, 1.807) is 4.68 Å². The fraction of sp³-hybridized carbons (Fsp3) is 0.500. The summed E-state index contributed by atoms with van der Waals surface area (Å²) >= 11 is 1.38. The van der Waals surface area contributed by atoms with Crippen molar-refractivity contribution in [3.05, 3.63) is 33.0 Å². The maximum atomic E-state index is 12.2. The first-order valence-electron chi connectivity index (χ1n) is 9.66. The molecule has 0 saturated heterocycles. The summed E-state index contributed by atoms with van der Waals surface area (Å²) in [5.41, 5.74) is 9.78. The van der Waals surface area contributed by atoms with Crippen LogP contribution in [0, 0.1) is 13.8 Å². The van der Waals surface area contributed by atoms with E-state index in [4.69, 9.17) is 10.5 Å². The van der Waals surface area contributed by atoms with Crippen LogP contribution in [0.1, 0.15) is 57.0 Å². The number of ether oxygens (including phenoxy) is 1. The minimum absolute atomic E-state index is 0.167. The van der Waals surface area contributed by atoms with Crippen LogP contribution in [0.3, 0.4) is 0 Å². The van der Waals surface area contributed by atoms with Crippen LogP contribution in [0.5, 0.6) is 0 Å². The van der Waals surface area contributed by atoms with Crippen LogP contribution < -0.4 is 11.1 Å². The highest BCUT2D eigenvalue weighted by Crippen LogP contribution is 2.37. The molecule has 0 atom stereocenters. The molecule has 1 aliphatic rings. The predicted molar refractivity (Wildman–Crippen MR) is 110 cm³/mol. The Morgan fingerprint density at radius 3 is 2.62 bits per heavy atom. The number of hydrogen-bond donors (Lipinski definition) is 2. The lowest BCUT2D eigenvalue weighted by Gasteiger charge is -2.11. The van der Waals surface area contributed by atoms with Crippen molar-refractivity contribution in [3.63, 3.8) is 0 Å². The normalized spacial score (nSPS) is 13.1. The molecule has 0 fully saturated rings. The van der Waals surface area contributed by atoms with Crippen LogP contribution in [0.4, 0.5) is 5.00 Å². The van der Waals surface area contributed by atoms with Gasteiger partial charge < -0.3 is 15.8 Å². The van der Waals surface area contributed by atoms with Crippen LogP contribution >= 0.6 is 11.3 Å². The van der Waals surface area contributed by atoms with Gasteiger partial charge in [-0.15, -0.1) is 11.3 Å². The SMILES string of the molecule is Cc1nn(C)c(C)c1CCC(=O)OCC(=O)Nc1sc2c(c1C(N)=O)CCCC2. The average molecular weight is 419 g/mol. The summed E-state index contributed by atoms with van der Waals surface area (Å²) < 4.78 is 6.88. The molecule has 0 spiro atoms. The van der Waals surface area contributed by atoms with E-state index < -0.39 is 24.4 Å². The second kappa shape index (κ2) is 8.77. The maximum absolute atomic E-state index is 12.2. The number of nitrogens with two attached hydrogens (primary N) is 1. The summed E-state index contributed by atoms with van der Waals surface area (Å²) in [6.45, 7) is 3.45. The third-order valence-corrected chi connectivity index (χ3v) is 6.48. The summed E-state index contributed by atoms with van der Waals surface area (Å²) in [5, 5.41) is 7.46. The Labute approximate surface area is 173 Å². The molecule has 0 aliphatic heterocycles. The highest BCUT2D eigenvalue weighted by atomic mass is 32.1. The van der Waals surface area contributed by atoms with Gasteiger partial charge in [0.25, 0.3) is 11.8 Å². The maximum Gasteiger partial charge on any atom is 0.306 e. The number of thiophene rings is 1. The number of amides is 2. The van der Waals surface area contributed by atoms with E-state index in [9.17, 15) is 14.4 Å². The van der Waals surface area contributed by atoms with Gasteiger partial charge in [-0.25, -0.2) is 0 Å². The van der Waals surface area contributed by atoms with E-state index in [2.05, 4.69) is 10.4 Å². The highest BCUT2D eigenvalue weighted by Gasteiger charge is 2.25. The molecule has 2 aromatic heterocycles. The van der Waals surface area contributed by atoms with Gasteiger partial charge >= 0.3 is 5.97 Å². The minimum Gasteiger partial charge on any atom is -0.456 e. The molecule has 2 amide bonds. The number of rotatable bonds is 7. The number of aryl methyl sites for hydroxylation is 3. The number of carbonyl (C=O) groups excluding carboxylic acids is 3. The number of aromatic nitrogens is 2. The lowest BCUT2D eigenvalue weighted by Crippen LogP contribution is -2.23. The van der Waals surface area contributed by atoms with Crippen molar-refractivity contribution >= 4 is 34.1 Å². The summed E-state index contributed by atoms with van der Waals surface area (Å²) in [6.07, 6.45) is 4.42. The molecule has 0 unspecified atom stereocenters. The smallest absolute Gasteiger partial charge is 0.306 e.